The predicted octanol–water partition coefficient (Wildman–Crippen LogP) is 4.13. The van der Waals surface area contributed by atoms with Crippen LogP contribution in [0.3, 0.4) is 0 Å². The van der Waals surface area contributed by atoms with Crippen molar-refractivity contribution in [3.05, 3.63) is 72.0 Å². The first-order valence-corrected chi connectivity index (χ1v) is 9.05. The molecule has 1 unspecified atom stereocenters. The van der Waals surface area contributed by atoms with Crippen molar-refractivity contribution >= 4 is 11.5 Å². The van der Waals surface area contributed by atoms with Crippen LogP contribution in [0.2, 0.25) is 0 Å². The Balaban J connectivity index is 1.47. The minimum absolute atomic E-state index is 0.0890. The minimum atomic E-state index is -0.294. The number of nitrogens with zero attached hydrogens (tertiary/aromatic N) is 1. The molecule has 2 aliphatic heterocycles. The Morgan fingerprint density at radius 3 is 2.62 bits per heavy atom. The molecule has 0 saturated carbocycles. The summed E-state index contributed by atoms with van der Waals surface area (Å²) in [5.74, 6) is 0.937. The number of methoxy groups -OCH3 is 1. The first kappa shape index (κ1) is 16.7. The fourth-order valence-electron chi connectivity index (χ4n) is 3.88. The van der Waals surface area contributed by atoms with Crippen molar-refractivity contribution < 1.29 is 14.3 Å². The molecular weight excluding hydrogens is 326 g/mol. The van der Waals surface area contributed by atoms with Gasteiger partial charge < -0.3 is 14.4 Å². The zero-order chi connectivity index (χ0) is 18.0. The van der Waals surface area contributed by atoms with Gasteiger partial charge in [0.1, 0.15) is 11.4 Å². The van der Waals surface area contributed by atoms with Gasteiger partial charge in [0.15, 0.2) is 0 Å². The number of piperidine rings is 1. The normalized spacial score (nSPS) is 22.0. The van der Waals surface area contributed by atoms with Crippen molar-refractivity contribution in [3.8, 4) is 5.75 Å². The molecule has 4 heteroatoms. The van der Waals surface area contributed by atoms with Crippen LogP contribution in [0.4, 0.5) is 0 Å². The van der Waals surface area contributed by atoms with E-state index in [1.54, 1.807) is 7.11 Å². The first-order chi connectivity index (χ1) is 12.7. The Morgan fingerprint density at radius 1 is 1.12 bits per heavy atom. The average molecular weight is 349 g/mol. The smallest absolute Gasteiger partial charge is 0.253 e. The van der Waals surface area contributed by atoms with Gasteiger partial charge in [0.05, 0.1) is 19.9 Å². The number of hydrogen-bond donors (Lipinski definition) is 0. The zero-order valence-electron chi connectivity index (χ0n) is 15.0. The number of rotatable bonds is 3. The molecule has 0 N–H and O–H groups in total. The van der Waals surface area contributed by atoms with Gasteiger partial charge in [0, 0.05) is 18.5 Å². The quantitative estimate of drug-likeness (QED) is 0.836. The second-order valence-corrected chi connectivity index (χ2v) is 7.05. The molecule has 134 valence electrons. The largest absolute Gasteiger partial charge is 0.497 e. The Kier molecular flexibility index (Phi) is 4.41. The lowest BCUT2D eigenvalue weighted by Gasteiger charge is -2.39. The predicted molar refractivity (Wildman–Crippen MR) is 101 cm³/mol. The highest BCUT2D eigenvalue weighted by atomic mass is 16.5. The molecule has 1 fully saturated rings. The van der Waals surface area contributed by atoms with Gasteiger partial charge in [0.25, 0.3) is 5.91 Å². The molecule has 2 aromatic rings. The molecule has 4 rings (SSSR count). The molecule has 1 saturated heterocycles. The van der Waals surface area contributed by atoms with E-state index in [2.05, 4.69) is 12.1 Å². The Bertz CT molecular complexity index is 813. The maximum atomic E-state index is 12.8. The van der Waals surface area contributed by atoms with Crippen molar-refractivity contribution in [3.63, 3.8) is 0 Å². The summed E-state index contributed by atoms with van der Waals surface area (Å²) in [6.07, 6.45) is 4.64. The fourth-order valence-corrected chi connectivity index (χ4v) is 3.88. The van der Waals surface area contributed by atoms with E-state index in [0.717, 1.165) is 42.7 Å². The van der Waals surface area contributed by atoms with Crippen LogP contribution in [-0.4, -0.2) is 36.6 Å². The van der Waals surface area contributed by atoms with Crippen LogP contribution in [0, 0.1) is 0 Å². The minimum Gasteiger partial charge on any atom is -0.497 e. The average Bonchev–Trinajstić information content (AvgIpc) is 3.11. The first-order valence-electron chi connectivity index (χ1n) is 9.05. The van der Waals surface area contributed by atoms with Crippen molar-refractivity contribution in [1.82, 2.24) is 4.90 Å². The molecule has 26 heavy (non-hydrogen) atoms. The molecule has 0 aliphatic carbocycles. The van der Waals surface area contributed by atoms with E-state index in [1.165, 1.54) is 5.57 Å². The number of hydrogen-bond acceptors (Lipinski definition) is 3. The number of carbonyl (C=O) groups excluding carboxylic acids is 1. The van der Waals surface area contributed by atoms with Crippen LogP contribution >= 0.6 is 0 Å². The monoisotopic (exact) mass is 349 g/mol. The third kappa shape index (κ3) is 3.19. The van der Waals surface area contributed by atoms with Crippen LogP contribution < -0.4 is 4.74 Å². The molecule has 2 heterocycles. The molecule has 0 aromatic heterocycles. The molecule has 2 aromatic carbocycles. The van der Waals surface area contributed by atoms with Gasteiger partial charge in [-0.05, 0) is 48.2 Å². The topological polar surface area (TPSA) is 38.8 Å². The number of ether oxygens (including phenoxy) is 2. The van der Waals surface area contributed by atoms with E-state index in [4.69, 9.17) is 9.47 Å². The van der Waals surface area contributed by atoms with Crippen molar-refractivity contribution in [2.45, 2.75) is 24.9 Å². The second kappa shape index (κ2) is 6.87. The number of benzene rings is 2. The maximum absolute atomic E-state index is 12.8. The molecule has 1 spiro atoms. The standard InChI is InChI=1S/C22H23NO3/c1-25-20-10-8-17(9-11-20)19-14-22(26-15-19)12-5-13-23(16-22)21(24)18-6-3-2-4-7-18/h2-4,6-11,15H,5,12-14,16H2,1H3. The van der Waals surface area contributed by atoms with E-state index < -0.39 is 0 Å². The highest BCUT2D eigenvalue weighted by molar-refractivity contribution is 5.94. The van der Waals surface area contributed by atoms with E-state index in [0.29, 0.717) is 6.54 Å². The lowest BCUT2D eigenvalue weighted by molar-refractivity contribution is -0.0190. The Labute approximate surface area is 154 Å². The summed E-state index contributed by atoms with van der Waals surface area (Å²) in [5.41, 5.74) is 2.78. The Morgan fingerprint density at radius 2 is 1.88 bits per heavy atom. The SMILES string of the molecule is COc1ccc(C2=COC3(CCCN(C(=O)c4ccccc4)C3)C2)cc1. The number of carbonyl (C=O) groups is 1. The molecule has 2 aliphatic rings. The molecular formula is C22H23NO3. The third-order valence-electron chi connectivity index (χ3n) is 5.27. The lowest BCUT2D eigenvalue weighted by Crippen LogP contribution is -2.50. The number of amides is 1. The van der Waals surface area contributed by atoms with Crippen molar-refractivity contribution in [2.75, 3.05) is 20.2 Å². The van der Waals surface area contributed by atoms with Crippen molar-refractivity contribution in [2.24, 2.45) is 0 Å². The van der Waals surface area contributed by atoms with Crippen LogP contribution in [0.5, 0.6) is 5.75 Å². The summed E-state index contributed by atoms with van der Waals surface area (Å²) >= 11 is 0. The number of likely N-dealkylation sites (tertiary alicyclic amines) is 1. The van der Waals surface area contributed by atoms with E-state index >= 15 is 0 Å². The van der Waals surface area contributed by atoms with Gasteiger partial charge in [0.2, 0.25) is 0 Å². The van der Waals surface area contributed by atoms with E-state index in [1.807, 2.05) is 53.6 Å². The van der Waals surface area contributed by atoms with Gasteiger partial charge in [-0.25, -0.2) is 0 Å². The van der Waals surface area contributed by atoms with E-state index in [9.17, 15) is 4.79 Å². The zero-order valence-corrected chi connectivity index (χ0v) is 15.0. The molecule has 4 nitrogen and oxygen atoms in total. The summed E-state index contributed by atoms with van der Waals surface area (Å²) in [5, 5.41) is 0. The van der Waals surface area contributed by atoms with Gasteiger partial charge in [-0.15, -0.1) is 0 Å². The highest BCUT2D eigenvalue weighted by Crippen LogP contribution is 2.41. The fraction of sp³-hybridized carbons (Fsp3) is 0.318. The van der Waals surface area contributed by atoms with Crippen LogP contribution in [0.25, 0.3) is 5.57 Å². The molecule has 0 bridgehead atoms. The molecule has 1 amide bonds. The van der Waals surface area contributed by atoms with Gasteiger partial charge in [-0.2, -0.15) is 0 Å². The summed E-state index contributed by atoms with van der Waals surface area (Å²) in [6.45, 7) is 1.42. The molecule has 0 radical (unpaired) electrons. The summed E-state index contributed by atoms with van der Waals surface area (Å²) < 4.78 is 11.4. The second-order valence-electron chi connectivity index (χ2n) is 7.05. The summed E-state index contributed by atoms with van der Waals surface area (Å²) in [7, 11) is 1.67. The van der Waals surface area contributed by atoms with Crippen LogP contribution in [0.1, 0.15) is 35.2 Å². The molecule has 1 atom stereocenters. The maximum Gasteiger partial charge on any atom is 0.253 e. The lowest BCUT2D eigenvalue weighted by atomic mass is 9.86. The third-order valence-corrected chi connectivity index (χ3v) is 5.27. The highest BCUT2D eigenvalue weighted by Gasteiger charge is 2.42. The van der Waals surface area contributed by atoms with Gasteiger partial charge in [-0.1, -0.05) is 30.3 Å². The van der Waals surface area contributed by atoms with Crippen LogP contribution in [-0.2, 0) is 4.74 Å². The van der Waals surface area contributed by atoms with Crippen LogP contribution in [0.15, 0.2) is 60.9 Å². The summed E-state index contributed by atoms with van der Waals surface area (Å²) in [4.78, 5) is 14.7. The van der Waals surface area contributed by atoms with Gasteiger partial charge >= 0.3 is 0 Å². The summed E-state index contributed by atoms with van der Waals surface area (Å²) in [6, 6.07) is 17.5. The van der Waals surface area contributed by atoms with E-state index in [-0.39, 0.29) is 11.5 Å². The Hall–Kier alpha value is -2.75. The van der Waals surface area contributed by atoms with Gasteiger partial charge in [-0.3, -0.25) is 4.79 Å². The van der Waals surface area contributed by atoms with Crippen molar-refractivity contribution in [1.29, 1.82) is 0 Å².